The van der Waals surface area contributed by atoms with Crippen LogP contribution >= 0.6 is 11.6 Å². The molecule has 0 bridgehead atoms. The third-order valence-corrected chi connectivity index (χ3v) is 2.90. The minimum absolute atomic E-state index is 0.125. The predicted molar refractivity (Wildman–Crippen MR) is 62.7 cm³/mol. The van der Waals surface area contributed by atoms with Gasteiger partial charge in [-0.2, -0.15) is 0 Å². The fraction of sp³-hybridized carbons (Fsp3) is 0.333. The van der Waals surface area contributed by atoms with Crippen molar-refractivity contribution in [1.29, 1.82) is 0 Å². The maximum absolute atomic E-state index is 11.5. The number of rotatable bonds is 4. The average molecular weight is 254 g/mol. The molecular formula is C12H12ClNO3. The first-order valence-corrected chi connectivity index (χ1v) is 5.73. The van der Waals surface area contributed by atoms with Crippen LogP contribution in [0.3, 0.4) is 0 Å². The molecule has 0 unspecified atom stereocenters. The first kappa shape index (κ1) is 11.9. The van der Waals surface area contributed by atoms with Gasteiger partial charge < -0.3 is 4.74 Å². The van der Waals surface area contributed by atoms with E-state index >= 15 is 0 Å². The van der Waals surface area contributed by atoms with Gasteiger partial charge in [-0.3, -0.25) is 9.69 Å². The Morgan fingerprint density at radius 1 is 1.41 bits per heavy atom. The van der Waals surface area contributed by atoms with E-state index in [-0.39, 0.29) is 12.5 Å². The van der Waals surface area contributed by atoms with E-state index in [4.69, 9.17) is 16.3 Å². The lowest BCUT2D eigenvalue weighted by atomic mass is 10.1. The van der Waals surface area contributed by atoms with Crippen LogP contribution in [0.1, 0.15) is 18.0 Å². The summed E-state index contributed by atoms with van der Waals surface area (Å²) < 4.78 is 5.00. The maximum atomic E-state index is 11.5. The summed E-state index contributed by atoms with van der Waals surface area (Å²) >= 11 is 5.28. The van der Waals surface area contributed by atoms with Gasteiger partial charge in [-0.15, -0.1) is 0 Å². The molecule has 4 nitrogen and oxygen atoms in total. The Balaban J connectivity index is 2.11. The highest BCUT2D eigenvalue weighted by molar-refractivity contribution is 6.63. The number of carbonyl (C=O) groups is 2. The average Bonchev–Trinajstić information content (AvgIpc) is 2.69. The Bertz CT molecular complexity index is 421. The molecule has 0 aromatic heterocycles. The first-order chi connectivity index (χ1) is 8.18. The van der Waals surface area contributed by atoms with Crippen LogP contribution in [0, 0.1) is 0 Å². The number of halogens is 1. The van der Waals surface area contributed by atoms with E-state index in [1.807, 2.05) is 30.3 Å². The molecule has 1 heterocycles. The summed E-state index contributed by atoms with van der Waals surface area (Å²) in [6, 6.07) is 9.46. The summed E-state index contributed by atoms with van der Waals surface area (Å²) in [6.45, 7) is 0.611. The zero-order chi connectivity index (χ0) is 12.3. The summed E-state index contributed by atoms with van der Waals surface area (Å²) in [5.41, 5.74) is 1.00. The molecule has 5 heteroatoms. The molecule has 1 aromatic carbocycles. The SMILES string of the molecule is O=C(Cl)CCN1C(=O)OC[C@@H]1c1ccccc1. The highest BCUT2D eigenvalue weighted by Gasteiger charge is 2.33. The molecule has 17 heavy (non-hydrogen) atoms. The van der Waals surface area contributed by atoms with Crippen molar-refractivity contribution in [2.24, 2.45) is 0 Å². The number of cyclic esters (lactones) is 1. The summed E-state index contributed by atoms with van der Waals surface area (Å²) in [5.74, 6) is 0. The van der Waals surface area contributed by atoms with Crippen LogP contribution in [-0.2, 0) is 9.53 Å². The number of ether oxygens (including phenoxy) is 1. The Hall–Kier alpha value is -1.55. The topological polar surface area (TPSA) is 46.6 Å². The maximum Gasteiger partial charge on any atom is 0.410 e. The normalized spacial score (nSPS) is 19.2. The molecule has 1 amide bonds. The molecular weight excluding hydrogens is 242 g/mol. The van der Waals surface area contributed by atoms with Crippen LogP contribution in [0.2, 0.25) is 0 Å². The first-order valence-electron chi connectivity index (χ1n) is 5.35. The van der Waals surface area contributed by atoms with Gasteiger partial charge in [0.1, 0.15) is 6.61 Å². The van der Waals surface area contributed by atoms with Crippen molar-refractivity contribution in [2.75, 3.05) is 13.2 Å². The second-order valence-corrected chi connectivity index (χ2v) is 4.22. The number of benzene rings is 1. The van der Waals surface area contributed by atoms with Gasteiger partial charge in [0.15, 0.2) is 0 Å². The molecule has 1 aliphatic rings. The Kier molecular flexibility index (Phi) is 3.64. The molecule has 0 N–H and O–H groups in total. The summed E-state index contributed by atoms with van der Waals surface area (Å²) in [6.07, 6.45) is -0.253. The number of nitrogens with zero attached hydrogens (tertiary/aromatic N) is 1. The number of amides is 1. The van der Waals surface area contributed by atoms with Gasteiger partial charge in [-0.1, -0.05) is 30.3 Å². The Morgan fingerprint density at radius 2 is 2.12 bits per heavy atom. The van der Waals surface area contributed by atoms with Crippen molar-refractivity contribution in [1.82, 2.24) is 4.90 Å². The summed E-state index contributed by atoms with van der Waals surface area (Å²) in [5, 5.41) is -0.448. The lowest BCUT2D eigenvalue weighted by Gasteiger charge is -2.20. The summed E-state index contributed by atoms with van der Waals surface area (Å²) in [7, 11) is 0. The van der Waals surface area contributed by atoms with Gasteiger partial charge >= 0.3 is 6.09 Å². The monoisotopic (exact) mass is 253 g/mol. The van der Waals surface area contributed by atoms with E-state index in [0.717, 1.165) is 5.56 Å². The number of hydrogen-bond acceptors (Lipinski definition) is 3. The molecule has 90 valence electrons. The second-order valence-electron chi connectivity index (χ2n) is 3.80. The van der Waals surface area contributed by atoms with E-state index in [1.165, 1.54) is 4.90 Å². The second kappa shape index (κ2) is 5.19. The predicted octanol–water partition coefficient (Wildman–Crippen LogP) is 2.34. The molecule has 0 spiro atoms. The highest BCUT2D eigenvalue weighted by atomic mass is 35.5. The lowest BCUT2D eigenvalue weighted by Crippen LogP contribution is -2.29. The summed E-state index contributed by atoms with van der Waals surface area (Å²) in [4.78, 5) is 23.8. The van der Waals surface area contributed by atoms with Gasteiger partial charge in [0, 0.05) is 13.0 Å². The largest absolute Gasteiger partial charge is 0.447 e. The van der Waals surface area contributed by atoms with Gasteiger partial charge in [0.2, 0.25) is 5.24 Å². The standard InChI is InChI=1S/C12H12ClNO3/c13-11(15)6-7-14-10(8-17-12(14)16)9-4-2-1-3-5-9/h1-5,10H,6-8H2/t10-/m1/s1. The van der Waals surface area contributed by atoms with Crippen LogP contribution in [0.15, 0.2) is 30.3 Å². The molecule has 1 fully saturated rings. The van der Waals surface area contributed by atoms with Crippen LogP contribution in [0.25, 0.3) is 0 Å². The Morgan fingerprint density at radius 3 is 2.76 bits per heavy atom. The van der Waals surface area contributed by atoms with E-state index < -0.39 is 11.3 Å². The quantitative estimate of drug-likeness (QED) is 0.774. The lowest BCUT2D eigenvalue weighted by molar-refractivity contribution is -0.111. The highest BCUT2D eigenvalue weighted by Crippen LogP contribution is 2.27. The minimum atomic E-state index is -0.448. The van der Waals surface area contributed by atoms with Crippen molar-refractivity contribution < 1.29 is 14.3 Å². The van der Waals surface area contributed by atoms with Gasteiger partial charge in [-0.25, -0.2) is 4.79 Å². The number of hydrogen-bond donors (Lipinski definition) is 0. The molecule has 1 aromatic rings. The van der Waals surface area contributed by atoms with E-state index in [1.54, 1.807) is 0 Å². The van der Waals surface area contributed by atoms with Crippen LogP contribution < -0.4 is 0 Å². The van der Waals surface area contributed by atoms with Crippen LogP contribution in [0.5, 0.6) is 0 Å². The van der Waals surface area contributed by atoms with Crippen molar-refractivity contribution in [2.45, 2.75) is 12.5 Å². The van der Waals surface area contributed by atoms with E-state index in [0.29, 0.717) is 13.2 Å². The molecule has 1 aliphatic heterocycles. The fourth-order valence-corrected chi connectivity index (χ4v) is 1.94. The zero-order valence-electron chi connectivity index (χ0n) is 9.14. The van der Waals surface area contributed by atoms with Crippen LogP contribution in [-0.4, -0.2) is 29.4 Å². The molecule has 0 radical (unpaired) electrons. The van der Waals surface area contributed by atoms with Crippen molar-refractivity contribution in [3.8, 4) is 0 Å². The smallest absolute Gasteiger partial charge is 0.410 e. The van der Waals surface area contributed by atoms with Gasteiger partial charge in [-0.05, 0) is 17.2 Å². The molecule has 0 aliphatic carbocycles. The van der Waals surface area contributed by atoms with Crippen molar-refractivity contribution in [3.63, 3.8) is 0 Å². The third-order valence-electron chi connectivity index (χ3n) is 2.71. The number of carbonyl (C=O) groups excluding carboxylic acids is 2. The van der Waals surface area contributed by atoms with Crippen molar-refractivity contribution >= 4 is 22.9 Å². The van der Waals surface area contributed by atoms with Gasteiger partial charge in [0.05, 0.1) is 6.04 Å². The van der Waals surface area contributed by atoms with Crippen molar-refractivity contribution in [3.05, 3.63) is 35.9 Å². The molecule has 1 atom stereocenters. The van der Waals surface area contributed by atoms with E-state index in [2.05, 4.69) is 0 Å². The Labute approximate surface area is 104 Å². The third kappa shape index (κ3) is 2.77. The fourth-order valence-electron chi connectivity index (χ4n) is 1.86. The molecule has 0 saturated carbocycles. The minimum Gasteiger partial charge on any atom is -0.447 e. The van der Waals surface area contributed by atoms with Crippen LogP contribution in [0.4, 0.5) is 4.79 Å². The van der Waals surface area contributed by atoms with Gasteiger partial charge in [0.25, 0.3) is 0 Å². The molecule has 1 saturated heterocycles. The zero-order valence-corrected chi connectivity index (χ0v) is 9.89. The van der Waals surface area contributed by atoms with E-state index in [9.17, 15) is 9.59 Å². The molecule has 2 rings (SSSR count).